The molecule has 13 nitrogen and oxygen atoms in total. The van der Waals surface area contributed by atoms with E-state index >= 15 is 0 Å². The number of nitrogens with two attached hydrogens (primary N) is 2. The number of amides is 4. The van der Waals surface area contributed by atoms with Gasteiger partial charge in [0.05, 0.1) is 12.6 Å². The van der Waals surface area contributed by atoms with E-state index in [0.717, 1.165) is 17.5 Å². The molecular weight excluding hydrogens is 638 g/mol. The van der Waals surface area contributed by atoms with Crippen LogP contribution in [0, 0.1) is 5.92 Å². The molecule has 0 aliphatic carbocycles. The van der Waals surface area contributed by atoms with Gasteiger partial charge in [0.25, 0.3) is 0 Å². The van der Waals surface area contributed by atoms with Gasteiger partial charge in [0, 0.05) is 31.6 Å². The predicted molar refractivity (Wildman–Crippen MR) is 190 cm³/mol. The molecule has 2 aromatic carbocycles. The normalized spacial score (nSPS) is 19.4. The van der Waals surface area contributed by atoms with E-state index in [9.17, 15) is 29.1 Å². The van der Waals surface area contributed by atoms with Crippen molar-refractivity contribution in [3.8, 4) is 0 Å². The first-order valence-corrected chi connectivity index (χ1v) is 17.7. The number of piperidine rings is 1. The first-order valence-electron chi connectivity index (χ1n) is 17.7. The number of piperazine rings is 1. The number of hydrogen-bond donors (Lipinski definition) is 6. The van der Waals surface area contributed by atoms with E-state index in [-0.39, 0.29) is 36.9 Å². The third-order valence-corrected chi connectivity index (χ3v) is 9.33. The average Bonchev–Trinajstić information content (AvgIpc) is 3.07. The maximum absolute atomic E-state index is 13.9. The lowest BCUT2D eigenvalue weighted by atomic mass is 9.86. The lowest BCUT2D eigenvalue weighted by Crippen LogP contribution is -2.72. The molecule has 2 fully saturated rings. The molecule has 6 atom stereocenters. The molecule has 0 radical (unpaired) electrons. The van der Waals surface area contributed by atoms with Gasteiger partial charge in [0.2, 0.25) is 23.6 Å². The van der Waals surface area contributed by atoms with Crippen LogP contribution in [0.3, 0.4) is 0 Å². The monoisotopic (exact) mass is 691 g/mol. The number of unbranched alkanes of at least 4 members (excludes halogenated alkanes) is 1. The van der Waals surface area contributed by atoms with Gasteiger partial charge in [-0.25, -0.2) is 0 Å². The van der Waals surface area contributed by atoms with Gasteiger partial charge in [0.1, 0.15) is 18.1 Å². The number of carboxylic acids is 1. The fraction of sp³-hybridized carbons (Fsp3) is 0.541. The number of nitrogens with one attached hydrogen (secondary N) is 3. The van der Waals surface area contributed by atoms with Gasteiger partial charge in [-0.3, -0.25) is 28.9 Å². The SMILES string of the molecule is CC(C)C[C@@H](NC(=O)[C@@H](Cc1ccccc1)NC(=O)[C@H](N)Cc1ccccc1)C(=O)N[C@H](CCCCN)C(=O)N1[C@@H]2C[C@H]1CN(CC(=O)O)C2. The highest BCUT2D eigenvalue weighted by Crippen LogP contribution is 2.33. The zero-order chi connectivity index (χ0) is 36.2. The molecule has 2 aliphatic heterocycles. The van der Waals surface area contributed by atoms with E-state index in [0.29, 0.717) is 51.7 Å². The molecule has 50 heavy (non-hydrogen) atoms. The van der Waals surface area contributed by atoms with E-state index in [4.69, 9.17) is 11.5 Å². The van der Waals surface area contributed by atoms with Crippen LogP contribution in [-0.4, -0.2) is 107 Å². The fourth-order valence-electron chi connectivity index (χ4n) is 6.85. The van der Waals surface area contributed by atoms with Gasteiger partial charge >= 0.3 is 5.97 Å². The Morgan fingerprint density at radius 1 is 0.780 bits per heavy atom. The Labute approximate surface area is 294 Å². The van der Waals surface area contributed by atoms with Crippen molar-refractivity contribution < 1.29 is 29.1 Å². The molecular formula is C37H53N7O6. The molecule has 2 heterocycles. The summed E-state index contributed by atoms with van der Waals surface area (Å²) in [5, 5.41) is 17.9. The smallest absolute Gasteiger partial charge is 0.317 e. The lowest BCUT2D eigenvalue weighted by molar-refractivity contribution is -0.159. The van der Waals surface area contributed by atoms with E-state index < -0.39 is 47.9 Å². The fourth-order valence-corrected chi connectivity index (χ4v) is 6.85. The van der Waals surface area contributed by atoms with E-state index in [2.05, 4.69) is 16.0 Å². The van der Waals surface area contributed by atoms with Crippen LogP contribution in [0.2, 0.25) is 0 Å². The number of aliphatic carboxylic acids is 1. The Bertz CT molecular complexity index is 1430. The highest BCUT2D eigenvalue weighted by Gasteiger charge is 2.49. The van der Waals surface area contributed by atoms with Crippen LogP contribution in [0.5, 0.6) is 0 Å². The Morgan fingerprint density at radius 2 is 1.32 bits per heavy atom. The third kappa shape index (κ3) is 11.1. The molecule has 0 spiro atoms. The summed E-state index contributed by atoms with van der Waals surface area (Å²) in [6.45, 7) is 5.18. The summed E-state index contributed by atoms with van der Waals surface area (Å²) >= 11 is 0. The van der Waals surface area contributed by atoms with Gasteiger partial charge in [-0.05, 0) is 62.1 Å². The van der Waals surface area contributed by atoms with Gasteiger partial charge in [0.15, 0.2) is 0 Å². The number of nitrogens with zero attached hydrogens (tertiary/aromatic N) is 2. The van der Waals surface area contributed by atoms with Crippen molar-refractivity contribution in [1.82, 2.24) is 25.8 Å². The number of likely N-dealkylation sites (tertiary alicyclic amines) is 2. The second kappa shape index (κ2) is 18.6. The number of benzene rings is 2. The van der Waals surface area contributed by atoms with Crippen molar-refractivity contribution in [3.05, 3.63) is 71.8 Å². The van der Waals surface area contributed by atoms with Crippen molar-refractivity contribution >= 4 is 29.6 Å². The van der Waals surface area contributed by atoms with Crippen LogP contribution < -0.4 is 27.4 Å². The molecule has 0 saturated carbocycles. The number of hydrogen-bond acceptors (Lipinski definition) is 8. The third-order valence-electron chi connectivity index (χ3n) is 9.33. The van der Waals surface area contributed by atoms with Gasteiger partial charge in [-0.1, -0.05) is 74.5 Å². The van der Waals surface area contributed by atoms with Crippen LogP contribution in [0.25, 0.3) is 0 Å². The van der Waals surface area contributed by atoms with E-state index in [1.165, 1.54) is 0 Å². The number of carboxylic acid groups (broad SMARTS) is 1. The summed E-state index contributed by atoms with van der Waals surface area (Å²) in [6, 6.07) is 14.7. The van der Waals surface area contributed by atoms with Crippen molar-refractivity contribution in [2.45, 2.75) is 95.0 Å². The summed E-state index contributed by atoms with van der Waals surface area (Å²) in [6.07, 6.45) is 3.26. The second-order valence-electron chi connectivity index (χ2n) is 14.0. The Balaban J connectivity index is 1.47. The molecule has 2 saturated heterocycles. The van der Waals surface area contributed by atoms with Crippen LogP contribution in [0.15, 0.2) is 60.7 Å². The number of rotatable bonds is 19. The minimum Gasteiger partial charge on any atom is -0.480 e. The summed E-state index contributed by atoms with van der Waals surface area (Å²) in [4.78, 5) is 69.9. The molecule has 0 unspecified atom stereocenters. The number of carbonyl (C=O) groups is 5. The van der Waals surface area contributed by atoms with Crippen molar-refractivity contribution in [2.75, 3.05) is 26.2 Å². The lowest BCUT2D eigenvalue weighted by Gasteiger charge is -2.56. The predicted octanol–water partition coefficient (Wildman–Crippen LogP) is 0.798. The van der Waals surface area contributed by atoms with Crippen molar-refractivity contribution in [2.24, 2.45) is 17.4 Å². The van der Waals surface area contributed by atoms with Crippen LogP contribution >= 0.6 is 0 Å². The summed E-state index contributed by atoms with van der Waals surface area (Å²) in [5.74, 6) is -2.59. The quantitative estimate of drug-likeness (QED) is 0.115. The van der Waals surface area contributed by atoms with Gasteiger partial charge in [-0.15, -0.1) is 0 Å². The minimum absolute atomic E-state index is 0.0221. The minimum atomic E-state index is -1.01. The number of fused-ring (bicyclic) bond motifs is 2. The molecule has 2 bridgehead atoms. The average molecular weight is 692 g/mol. The second-order valence-corrected chi connectivity index (χ2v) is 14.0. The Kier molecular flexibility index (Phi) is 14.3. The van der Waals surface area contributed by atoms with E-state index in [1.54, 1.807) is 4.90 Å². The number of carbonyl (C=O) groups excluding carboxylic acids is 4. The summed E-state index contributed by atoms with van der Waals surface area (Å²) in [7, 11) is 0. The molecule has 2 aliphatic rings. The largest absolute Gasteiger partial charge is 0.480 e. The van der Waals surface area contributed by atoms with Gasteiger partial charge < -0.3 is 37.4 Å². The maximum atomic E-state index is 13.9. The summed E-state index contributed by atoms with van der Waals surface area (Å²) in [5.41, 5.74) is 13.7. The van der Waals surface area contributed by atoms with Crippen LogP contribution in [0.4, 0.5) is 0 Å². The molecule has 2 aromatic rings. The van der Waals surface area contributed by atoms with E-state index in [1.807, 2.05) is 79.4 Å². The Morgan fingerprint density at radius 3 is 1.88 bits per heavy atom. The van der Waals surface area contributed by atoms with Crippen molar-refractivity contribution in [3.63, 3.8) is 0 Å². The molecule has 8 N–H and O–H groups in total. The zero-order valence-electron chi connectivity index (χ0n) is 29.1. The van der Waals surface area contributed by atoms with Crippen LogP contribution in [-0.2, 0) is 36.8 Å². The van der Waals surface area contributed by atoms with Crippen molar-refractivity contribution in [1.29, 1.82) is 0 Å². The van der Waals surface area contributed by atoms with Gasteiger partial charge in [-0.2, -0.15) is 0 Å². The topological polar surface area (TPSA) is 200 Å². The maximum Gasteiger partial charge on any atom is 0.317 e. The first-order chi connectivity index (χ1) is 23.9. The highest BCUT2D eigenvalue weighted by molar-refractivity contribution is 5.95. The molecule has 0 aromatic heterocycles. The first kappa shape index (κ1) is 38.5. The summed E-state index contributed by atoms with van der Waals surface area (Å²) < 4.78 is 0. The highest BCUT2D eigenvalue weighted by atomic mass is 16.4. The molecule has 13 heteroatoms. The molecule has 4 rings (SSSR count). The Hall–Kier alpha value is -4.33. The molecule has 4 amide bonds. The van der Waals surface area contributed by atoms with Crippen LogP contribution in [0.1, 0.15) is 57.1 Å². The molecule has 272 valence electrons. The zero-order valence-corrected chi connectivity index (χ0v) is 29.1. The standard InChI is InChI=1S/C37H53N7O6/c1-24(2)17-31(35(48)40-30(15-9-10-16-38)37(50)44-27-20-28(44)22-43(21-27)23-33(45)46)42-36(49)32(19-26-13-7-4-8-14-26)41-34(47)29(39)18-25-11-5-3-6-12-25/h3-8,11-14,24,27-32H,9-10,15-23,38-39H2,1-2H3,(H,40,48)(H,41,47)(H,42,49)(H,45,46)/t27-,28+,29-,30-,31-,32-/m1/s1.